The molecule has 0 saturated heterocycles. The molecular formula is C37H33N3O2S. The number of aryl methyl sites for hydroxylation is 1. The number of thioether (sulfide) groups is 1. The van der Waals surface area contributed by atoms with Crippen molar-refractivity contribution in [1.29, 1.82) is 5.26 Å². The number of nitriles is 1. The third-order valence-electron chi connectivity index (χ3n) is 8.59. The van der Waals surface area contributed by atoms with E-state index in [0.717, 1.165) is 52.8 Å². The van der Waals surface area contributed by atoms with Gasteiger partial charge in [0.25, 0.3) is 0 Å². The molecule has 5 nitrogen and oxygen atoms in total. The van der Waals surface area contributed by atoms with Gasteiger partial charge in [0.1, 0.15) is 10.8 Å². The number of carbonyl (C=O) groups is 1. The number of hydrogen-bond donors (Lipinski definition) is 1. The van der Waals surface area contributed by atoms with Crippen molar-refractivity contribution in [3.05, 3.63) is 161 Å². The van der Waals surface area contributed by atoms with Crippen LogP contribution in [0.3, 0.4) is 0 Å². The van der Waals surface area contributed by atoms with Crippen molar-refractivity contribution in [2.45, 2.75) is 48.1 Å². The summed E-state index contributed by atoms with van der Waals surface area (Å²) in [4.78, 5) is 17.5. The number of imidazole rings is 1. The number of rotatable bonds is 9. The molecule has 6 heteroatoms. The van der Waals surface area contributed by atoms with Gasteiger partial charge in [-0.15, -0.1) is 11.8 Å². The zero-order valence-corrected chi connectivity index (χ0v) is 24.9. The average molecular weight is 584 g/mol. The topological polar surface area (TPSA) is 78.9 Å². The van der Waals surface area contributed by atoms with E-state index in [4.69, 9.17) is 4.98 Å². The number of fused-ring (bicyclic) bond motifs is 1. The van der Waals surface area contributed by atoms with Crippen molar-refractivity contribution in [3.8, 4) is 6.07 Å². The van der Waals surface area contributed by atoms with Gasteiger partial charge in [-0.3, -0.25) is 4.79 Å². The first kappa shape index (κ1) is 28.5. The second-order valence-electron chi connectivity index (χ2n) is 11.0. The van der Waals surface area contributed by atoms with Gasteiger partial charge >= 0.3 is 5.97 Å². The Bertz CT molecular complexity index is 1670. The van der Waals surface area contributed by atoms with E-state index >= 15 is 0 Å². The first-order valence-electron chi connectivity index (χ1n) is 14.7. The van der Waals surface area contributed by atoms with Crippen LogP contribution in [-0.4, -0.2) is 25.9 Å². The van der Waals surface area contributed by atoms with E-state index in [0.29, 0.717) is 12.0 Å². The van der Waals surface area contributed by atoms with Gasteiger partial charge in [-0.25, -0.2) is 4.98 Å². The van der Waals surface area contributed by atoms with Crippen molar-refractivity contribution in [2.75, 3.05) is 0 Å². The van der Waals surface area contributed by atoms with Gasteiger partial charge in [0.2, 0.25) is 0 Å². The van der Waals surface area contributed by atoms with E-state index in [-0.39, 0.29) is 0 Å². The minimum absolute atomic E-state index is 0.496. The zero-order valence-electron chi connectivity index (χ0n) is 24.1. The van der Waals surface area contributed by atoms with Gasteiger partial charge in [0.05, 0.1) is 28.4 Å². The van der Waals surface area contributed by atoms with Crippen molar-refractivity contribution < 1.29 is 9.90 Å². The lowest BCUT2D eigenvalue weighted by Crippen LogP contribution is -2.37. The normalized spacial score (nSPS) is 17.0. The van der Waals surface area contributed by atoms with Crippen molar-refractivity contribution in [2.24, 2.45) is 0 Å². The molecule has 1 aliphatic rings. The summed E-state index contributed by atoms with van der Waals surface area (Å²) in [6.07, 6.45) is 7.01. The Kier molecular flexibility index (Phi) is 7.92. The molecule has 0 saturated carbocycles. The SMILES string of the molecule is CCC(SC1(c2cn(C(c3ccccc3)(c3ccccc3)c3ccccc3)cn2)CCCc2cc(C#N)ccc21)C(=O)O. The van der Waals surface area contributed by atoms with Crippen LogP contribution in [0.4, 0.5) is 0 Å². The Balaban J connectivity index is 1.62. The fourth-order valence-corrected chi connectivity index (χ4v) is 8.19. The molecule has 0 spiro atoms. The summed E-state index contributed by atoms with van der Waals surface area (Å²) >= 11 is 1.48. The van der Waals surface area contributed by atoms with Crippen molar-refractivity contribution in [3.63, 3.8) is 0 Å². The third-order valence-corrected chi connectivity index (χ3v) is 10.4. The highest BCUT2D eigenvalue weighted by molar-refractivity contribution is 8.01. The van der Waals surface area contributed by atoms with Crippen molar-refractivity contribution in [1.82, 2.24) is 9.55 Å². The number of aliphatic carboxylic acids is 1. The van der Waals surface area contributed by atoms with Crippen LogP contribution in [-0.2, 0) is 21.5 Å². The first-order valence-corrected chi connectivity index (χ1v) is 15.6. The number of aromatic nitrogens is 2. The number of carboxylic acids is 1. The lowest BCUT2D eigenvalue weighted by atomic mass is 9.76. The van der Waals surface area contributed by atoms with Crippen molar-refractivity contribution >= 4 is 17.7 Å². The molecule has 6 rings (SSSR count). The van der Waals surface area contributed by atoms with E-state index in [1.807, 2.05) is 49.6 Å². The molecule has 5 aromatic rings. The Morgan fingerprint density at radius 1 is 0.977 bits per heavy atom. The Hall–Kier alpha value is -4.60. The quantitative estimate of drug-likeness (QED) is 0.179. The highest BCUT2D eigenvalue weighted by Gasteiger charge is 2.46. The molecule has 43 heavy (non-hydrogen) atoms. The summed E-state index contributed by atoms with van der Waals surface area (Å²) in [6, 6.07) is 39.5. The van der Waals surface area contributed by atoms with E-state index in [1.54, 1.807) is 0 Å². The van der Waals surface area contributed by atoms with Crippen LogP contribution in [0.25, 0.3) is 0 Å². The Labute approximate surface area is 256 Å². The van der Waals surface area contributed by atoms with Gasteiger partial charge < -0.3 is 9.67 Å². The maximum absolute atomic E-state index is 12.4. The molecule has 214 valence electrons. The Morgan fingerprint density at radius 2 is 1.56 bits per heavy atom. The monoisotopic (exact) mass is 583 g/mol. The summed E-state index contributed by atoms with van der Waals surface area (Å²) in [6.45, 7) is 1.92. The highest BCUT2D eigenvalue weighted by Crippen LogP contribution is 2.53. The maximum Gasteiger partial charge on any atom is 0.316 e. The standard InChI is InChI=1S/C37H33N3O2S/c1-2-33(35(41)42)43-36(22-12-13-28-23-27(24-38)20-21-32(28)36)34-25-40(26-39-34)37(29-14-6-3-7-15-29,30-16-8-4-9-17-30)31-18-10-5-11-19-31/h3-11,14-21,23,25-26,33H,2,12-13,22H2,1H3,(H,41,42). The summed E-state index contributed by atoms with van der Waals surface area (Å²) in [7, 11) is 0. The molecule has 2 atom stereocenters. The van der Waals surface area contributed by atoms with Crippen LogP contribution in [0.2, 0.25) is 0 Å². The zero-order chi connectivity index (χ0) is 29.9. The molecule has 1 aliphatic carbocycles. The summed E-state index contributed by atoms with van der Waals surface area (Å²) in [5.41, 5.74) is 6.15. The summed E-state index contributed by atoms with van der Waals surface area (Å²) in [5, 5.41) is 19.2. The van der Waals surface area contributed by atoms with Crippen LogP contribution in [0.15, 0.2) is 122 Å². The van der Waals surface area contributed by atoms with Gasteiger partial charge in [0, 0.05) is 6.20 Å². The highest BCUT2D eigenvalue weighted by atomic mass is 32.2. The molecule has 0 amide bonds. The van der Waals surface area contributed by atoms with Gasteiger partial charge in [-0.1, -0.05) is 104 Å². The van der Waals surface area contributed by atoms with Gasteiger partial charge in [-0.05, 0) is 65.6 Å². The molecule has 0 aliphatic heterocycles. The lowest BCUT2D eigenvalue weighted by Gasteiger charge is -2.40. The number of carboxylic acid groups (broad SMARTS) is 1. The molecule has 0 radical (unpaired) electrons. The molecule has 0 bridgehead atoms. The molecular weight excluding hydrogens is 550 g/mol. The third kappa shape index (κ3) is 4.94. The minimum Gasteiger partial charge on any atom is -0.480 e. The van der Waals surface area contributed by atoms with Crippen LogP contribution in [0, 0.1) is 11.3 Å². The van der Waals surface area contributed by atoms with Gasteiger partial charge in [0.15, 0.2) is 0 Å². The molecule has 4 aromatic carbocycles. The predicted octanol–water partition coefficient (Wildman–Crippen LogP) is 7.77. The second-order valence-corrected chi connectivity index (χ2v) is 12.5. The summed E-state index contributed by atoms with van der Waals surface area (Å²) in [5.74, 6) is -0.820. The van der Waals surface area contributed by atoms with Gasteiger partial charge in [-0.2, -0.15) is 5.26 Å². The Morgan fingerprint density at radius 3 is 2.07 bits per heavy atom. The number of benzene rings is 4. The van der Waals surface area contributed by atoms with E-state index < -0.39 is 21.5 Å². The molecule has 0 fully saturated rings. The largest absolute Gasteiger partial charge is 0.480 e. The average Bonchev–Trinajstić information content (AvgIpc) is 3.56. The van der Waals surface area contributed by atoms with Crippen LogP contribution >= 0.6 is 11.8 Å². The van der Waals surface area contributed by atoms with Crippen LogP contribution < -0.4 is 0 Å². The summed E-state index contributed by atoms with van der Waals surface area (Å²) < 4.78 is 1.52. The molecule has 1 heterocycles. The molecule has 2 unspecified atom stereocenters. The first-order chi connectivity index (χ1) is 21.0. The minimum atomic E-state index is -0.820. The van der Waals surface area contributed by atoms with E-state index in [1.165, 1.54) is 11.8 Å². The van der Waals surface area contributed by atoms with Crippen LogP contribution in [0.5, 0.6) is 0 Å². The van der Waals surface area contributed by atoms with Crippen LogP contribution in [0.1, 0.15) is 65.3 Å². The number of hydrogen-bond acceptors (Lipinski definition) is 4. The number of nitrogens with zero attached hydrogens (tertiary/aromatic N) is 3. The van der Waals surface area contributed by atoms with E-state index in [2.05, 4.69) is 89.6 Å². The smallest absolute Gasteiger partial charge is 0.316 e. The second kappa shape index (κ2) is 11.9. The molecule has 1 aromatic heterocycles. The fraction of sp³-hybridized carbons (Fsp3) is 0.216. The molecule has 1 N–H and O–H groups in total. The van der Waals surface area contributed by atoms with E-state index in [9.17, 15) is 15.2 Å². The lowest BCUT2D eigenvalue weighted by molar-refractivity contribution is -0.136. The maximum atomic E-state index is 12.4. The fourth-order valence-electron chi connectivity index (χ4n) is 6.63. The predicted molar refractivity (Wildman–Crippen MR) is 171 cm³/mol.